The molecular formula is C10H13N5O2. The van der Waals surface area contributed by atoms with Crippen LogP contribution in [0.25, 0.3) is 0 Å². The second kappa shape index (κ2) is 4.77. The molecule has 1 aliphatic rings. The maximum atomic E-state index is 11.7. The highest BCUT2D eigenvalue weighted by molar-refractivity contribution is 6.39. The van der Waals surface area contributed by atoms with Crippen LogP contribution in [-0.2, 0) is 16.1 Å². The zero-order chi connectivity index (χ0) is 12.3. The van der Waals surface area contributed by atoms with Crippen LogP contribution in [0.4, 0.5) is 0 Å². The molecule has 1 aliphatic heterocycles. The van der Waals surface area contributed by atoms with Gasteiger partial charge in [0.1, 0.15) is 11.5 Å². The molecule has 90 valence electrons. The summed E-state index contributed by atoms with van der Waals surface area (Å²) in [4.78, 5) is 29.8. The number of aromatic nitrogens is 2. The molecule has 7 heteroatoms. The number of aromatic amines is 1. The smallest absolute Gasteiger partial charge is 0.267 e. The van der Waals surface area contributed by atoms with Crippen molar-refractivity contribution in [1.82, 2.24) is 20.3 Å². The van der Waals surface area contributed by atoms with Gasteiger partial charge in [0.05, 0.1) is 6.54 Å². The Labute approximate surface area is 97.9 Å². The molecular weight excluding hydrogens is 222 g/mol. The summed E-state index contributed by atoms with van der Waals surface area (Å²) in [6, 6.07) is 0. The molecule has 2 heterocycles. The summed E-state index contributed by atoms with van der Waals surface area (Å²) in [5, 5.41) is 7.81. The molecule has 1 aromatic heterocycles. The van der Waals surface area contributed by atoms with E-state index in [-0.39, 0.29) is 11.8 Å². The predicted molar refractivity (Wildman–Crippen MR) is 59.9 cm³/mol. The SMILES string of the molecule is CN1N=C(C(=O)NCc2ncc[nH]2)CCC1=O. The number of nitrogens with one attached hydrogen (secondary N) is 2. The zero-order valence-electron chi connectivity index (χ0n) is 9.43. The third-order valence-electron chi connectivity index (χ3n) is 2.44. The molecule has 0 saturated heterocycles. The van der Waals surface area contributed by atoms with E-state index < -0.39 is 0 Å². The second-order valence-electron chi connectivity index (χ2n) is 3.68. The molecule has 0 aliphatic carbocycles. The molecule has 0 fully saturated rings. The Morgan fingerprint density at radius 1 is 1.59 bits per heavy atom. The van der Waals surface area contributed by atoms with Gasteiger partial charge < -0.3 is 10.3 Å². The van der Waals surface area contributed by atoms with Crippen LogP contribution in [0.2, 0.25) is 0 Å². The standard InChI is InChI=1S/C10H13N5O2/c1-15-9(16)3-2-7(14-15)10(17)13-6-8-11-4-5-12-8/h4-5H,2-3,6H2,1H3,(H,11,12)(H,13,17). The topological polar surface area (TPSA) is 90.4 Å². The van der Waals surface area contributed by atoms with Gasteiger partial charge in [0.2, 0.25) is 5.91 Å². The Balaban J connectivity index is 1.92. The highest BCUT2D eigenvalue weighted by Gasteiger charge is 2.21. The summed E-state index contributed by atoms with van der Waals surface area (Å²) in [6.45, 7) is 0.322. The van der Waals surface area contributed by atoms with E-state index in [9.17, 15) is 9.59 Å². The molecule has 2 N–H and O–H groups in total. The molecule has 7 nitrogen and oxygen atoms in total. The molecule has 2 rings (SSSR count). The van der Waals surface area contributed by atoms with Crippen molar-refractivity contribution in [3.63, 3.8) is 0 Å². The number of carbonyl (C=O) groups excluding carboxylic acids is 2. The highest BCUT2D eigenvalue weighted by atomic mass is 16.2. The molecule has 0 bridgehead atoms. The van der Waals surface area contributed by atoms with Crippen molar-refractivity contribution in [2.45, 2.75) is 19.4 Å². The van der Waals surface area contributed by atoms with Gasteiger partial charge >= 0.3 is 0 Å². The first-order valence-electron chi connectivity index (χ1n) is 5.27. The number of nitrogens with zero attached hydrogens (tertiary/aromatic N) is 3. The van der Waals surface area contributed by atoms with Crippen LogP contribution in [-0.4, -0.2) is 39.6 Å². The van der Waals surface area contributed by atoms with E-state index in [0.29, 0.717) is 30.9 Å². The number of H-pyrrole nitrogens is 1. The van der Waals surface area contributed by atoms with Crippen molar-refractivity contribution in [2.24, 2.45) is 5.10 Å². The fourth-order valence-electron chi connectivity index (χ4n) is 1.49. The number of imidazole rings is 1. The molecule has 1 aromatic rings. The third kappa shape index (κ3) is 2.68. The summed E-state index contributed by atoms with van der Waals surface area (Å²) in [5.74, 6) is 0.340. The van der Waals surface area contributed by atoms with Gasteiger partial charge in [-0.1, -0.05) is 0 Å². The quantitative estimate of drug-likeness (QED) is 0.749. The molecule has 0 unspecified atom stereocenters. The minimum Gasteiger partial charge on any atom is -0.347 e. The van der Waals surface area contributed by atoms with E-state index in [1.807, 2.05) is 0 Å². The second-order valence-corrected chi connectivity index (χ2v) is 3.68. The first kappa shape index (κ1) is 11.3. The molecule has 0 radical (unpaired) electrons. The van der Waals surface area contributed by atoms with Gasteiger partial charge in [0.15, 0.2) is 0 Å². The van der Waals surface area contributed by atoms with Gasteiger partial charge in [0.25, 0.3) is 5.91 Å². The average molecular weight is 235 g/mol. The van der Waals surface area contributed by atoms with E-state index in [1.165, 1.54) is 5.01 Å². The van der Waals surface area contributed by atoms with Crippen molar-refractivity contribution in [3.05, 3.63) is 18.2 Å². The van der Waals surface area contributed by atoms with Crippen LogP contribution in [0.3, 0.4) is 0 Å². The molecule has 0 spiro atoms. The predicted octanol–water partition coefficient (Wildman–Crippen LogP) is -0.366. The van der Waals surface area contributed by atoms with E-state index >= 15 is 0 Å². The summed E-state index contributed by atoms with van der Waals surface area (Å²) >= 11 is 0. The van der Waals surface area contributed by atoms with E-state index in [2.05, 4.69) is 20.4 Å². The Bertz CT molecular complexity index is 451. The Morgan fingerprint density at radius 3 is 3.06 bits per heavy atom. The Kier molecular flexibility index (Phi) is 3.17. The number of amides is 2. The zero-order valence-corrected chi connectivity index (χ0v) is 9.43. The van der Waals surface area contributed by atoms with E-state index in [1.54, 1.807) is 19.4 Å². The summed E-state index contributed by atoms with van der Waals surface area (Å²) in [6.07, 6.45) is 4.01. The minimum atomic E-state index is -0.263. The van der Waals surface area contributed by atoms with Gasteiger partial charge in [-0.05, 0) is 0 Å². The van der Waals surface area contributed by atoms with E-state index in [4.69, 9.17) is 0 Å². The number of hydrazone groups is 1. The highest BCUT2D eigenvalue weighted by Crippen LogP contribution is 2.06. The van der Waals surface area contributed by atoms with Gasteiger partial charge in [-0.3, -0.25) is 9.59 Å². The van der Waals surface area contributed by atoms with Gasteiger partial charge in [-0.25, -0.2) is 9.99 Å². The first-order chi connectivity index (χ1) is 8.16. The van der Waals surface area contributed by atoms with Gasteiger partial charge in [-0.2, -0.15) is 5.10 Å². The van der Waals surface area contributed by atoms with Crippen molar-refractivity contribution >= 4 is 17.5 Å². The summed E-state index contributed by atoms with van der Waals surface area (Å²) in [5.41, 5.74) is 0.374. The minimum absolute atomic E-state index is 0.0763. The lowest BCUT2D eigenvalue weighted by Crippen LogP contribution is -2.37. The van der Waals surface area contributed by atoms with Gasteiger partial charge in [0, 0.05) is 32.3 Å². The number of hydrogen-bond acceptors (Lipinski definition) is 4. The van der Waals surface area contributed by atoms with Crippen molar-refractivity contribution < 1.29 is 9.59 Å². The molecule has 17 heavy (non-hydrogen) atoms. The fraction of sp³-hybridized carbons (Fsp3) is 0.400. The first-order valence-corrected chi connectivity index (χ1v) is 5.27. The number of rotatable bonds is 3. The van der Waals surface area contributed by atoms with Crippen LogP contribution in [0, 0.1) is 0 Å². The van der Waals surface area contributed by atoms with Gasteiger partial charge in [-0.15, -0.1) is 0 Å². The van der Waals surface area contributed by atoms with Crippen molar-refractivity contribution in [3.8, 4) is 0 Å². The Hall–Kier alpha value is -2.18. The fourth-order valence-corrected chi connectivity index (χ4v) is 1.49. The lowest BCUT2D eigenvalue weighted by molar-refractivity contribution is -0.130. The summed E-state index contributed by atoms with van der Waals surface area (Å²) < 4.78 is 0. The van der Waals surface area contributed by atoms with Crippen LogP contribution < -0.4 is 5.32 Å². The van der Waals surface area contributed by atoms with Crippen molar-refractivity contribution in [2.75, 3.05) is 7.05 Å². The number of carbonyl (C=O) groups is 2. The Morgan fingerprint density at radius 2 is 2.41 bits per heavy atom. The van der Waals surface area contributed by atoms with Crippen LogP contribution in [0.15, 0.2) is 17.5 Å². The molecule has 0 saturated carbocycles. The maximum Gasteiger partial charge on any atom is 0.267 e. The van der Waals surface area contributed by atoms with Crippen LogP contribution in [0.1, 0.15) is 18.7 Å². The van der Waals surface area contributed by atoms with Crippen molar-refractivity contribution in [1.29, 1.82) is 0 Å². The molecule has 0 atom stereocenters. The van der Waals surface area contributed by atoms with E-state index in [0.717, 1.165) is 0 Å². The molecule has 0 aromatic carbocycles. The van der Waals surface area contributed by atoms with Crippen LogP contribution >= 0.6 is 0 Å². The third-order valence-corrected chi connectivity index (χ3v) is 2.44. The summed E-state index contributed by atoms with van der Waals surface area (Å²) in [7, 11) is 1.54. The average Bonchev–Trinajstić information content (AvgIpc) is 2.82. The van der Waals surface area contributed by atoms with Crippen LogP contribution in [0.5, 0.6) is 0 Å². The molecule has 2 amide bonds. The largest absolute Gasteiger partial charge is 0.347 e. The maximum absolute atomic E-state index is 11.7. The monoisotopic (exact) mass is 235 g/mol. The lowest BCUT2D eigenvalue weighted by atomic mass is 10.1. The lowest BCUT2D eigenvalue weighted by Gasteiger charge is -2.18. The number of hydrogen-bond donors (Lipinski definition) is 2. The normalized spacial score (nSPS) is 15.7.